The summed E-state index contributed by atoms with van der Waals surface area (Å²) in [4.78, 5) is 0.325. The summed E-state index contributed by atoms with van der Waals surface area (Å²) < 4.78 is 32.1. The first-order chi connectivity index (χ1) is 10.1. The average molecular weight is 328 g/mol. The molecule has 0 aliphatic carbocycles. The zero-order valence-corrected chi connectivity index (χ0v) is 15.2. The van der Waals surface area contributed by atoms with Crippen molar-refractivity contribution in [1.82, 2.24) is 4.31 Å². The van der Waals surface area contributed by atoms with E-state index in [9.17, 15) is 8.42 Å². The third kappa shape index (κ3) is 4.21. The SMILES string of the molecule is COc1cc(C)c(S(=O)(=O)N(C)CCC(N)C(C)C)cc1C. The van der Waals surface area contributed by atoms with Gasteiger partial charge in [0.1, 0.15) is 5.75 Å². The zero-order chi connectivity index (χ0) is 17.1. The number of ether oxygens (including phenoxy) is 1. The molecular formula is C16H28N2O3S. The Kier molecular flexibility index (Phi) is 6.40. The molecule has 1 atom stereocenters. The Balaban J connectivity index is 3.01. The predicted molar refractivity (Wildman–Crippen MR) is 89.7 cm³/mol. The number of aryl methyl sites for hydroxylation is 2. The van der Waals surface area contributed by atoms with E-state index in [0.29, 0.717) is 35.1 Å². The zero-order valence-electron chi connectivity index (χ0n) is 14.4. The molecule has 0 aromatic heterocycles. The van der Waals surface area contributed by atoms with Crippen molar-refractivity contribution in [3.05, 3.63) is 23.3 Å². The van der Waals surface area contributed by atoms with Gasteiger partial charge >= 0.3 is 0 Å². The smallest absolute Gasteiger partial charge is 0.243 e. The first kappa shape index (κ1) is 18.9. The van der Waals surface area contributed by atoms with E-state index in [2.05, 4.69) is 0 Å². The lowest BCUT2D eigenvalue weighted by Crippen LogP contribution is -2.35. The minimum atomic E-state index is -3.52. The molecule has 0 aliphatic heterocycles. The van der Waals surface area contributed by atoms with E-state index in [1.165, 1.54) is 4.31 Å². The molecule has 0 fully saturated rings. The lowest BCUT2D eigenvalue weighted by atomic mass is 10.0. The molecule has 5 nitrogen and oxygen atoms in total. The minimum Gasteiger partial charge on any atom is -0.496 e. The number of sulfonamides is 1. The van der Waals surface area contributed by atoms with Crippen molar-refractivity contribution in [3.8, 4) is 5.75 Å². The number of hydrogen-bond acceptors (Lipinski definition) is 4. The van der Waals surface area contributed by atoms with E-state index in [4.69, 9.17) is 10.5 Å². The van der Waals surface area contributed by atoms with Gasteiger partial charge in [0.15, 0.2) is 0 Å². The van der Waals surface area contributed by atoms with E-state index in [1.54, 1.807) is 33.2 Å². The van der Waals surface area contributed by atoms with Crippen LogP contribution in [-0.4, -0.2) is 39.5 Å². The minimum absolute atomic E-state index is 0.00338. The molecule has 1 rings (SSSR count). The van der Waals surface area contributed by atoms with Crippen LogP contribution >= 0.6 is 0 Å². The van der Waals surface area contributed by atoms with Gasteiger partial charge in [-0.15, -0.1) is 0 Å². The van der Waals surface area contributed by atoms with Crippen LogP contribution < -0.4 is 10.5 Å². The van der Waals surface area contributed by atoms with Crippen molar-refractivity contribution in [2.75, 3.05) is 20.7 Å². The molecule has 0 amide bonds. The Labute approximate surface area is 134 Å². The maximum absolute atomic E-state index is 12.7. The third-order valence-electron chi connectivity index (χ3n) is 4.01. The first-order valence-corrected chi connectivity index (χ1v) is 8.92. The van der Waals surface area contributed by atoms with Gasteiger partial charge in [-0.1, -0.05) is 13.8 Å². The molecule has 126 valence electrons. The standard InChI is InChI=1S/C16H28N2O3S/c1-11(2)14(17)7-8-18(5)22(19,20)16-10-12(3)15(21-6)9-13(16)4/h9-11,14H,7-8,17H2,1-6H3. The van der Waals surface area contributed by atoms with Gasteiger partial charge in [0.2, 0.25) is 10.0 Å². The number of nitrogens with zero attached hydrogens (tertiary/aromatic N) is 1. The van der Waals surface area contributed by atoms with Gasteiger partial charge in [0.05, 0.1) is 12.0 Å². The summed E-state index contributed by atoms with van der Waals surface area (Å²) in [5, 5.41) is 0. The van der Waals surface area contributed by atoms with Crippen LogP contribution in [0.5, 0.6) is 5.75 Å². The Bertz CT molecular complexity index is 612. The third-order valence-corrected chi connectivity index (χ3v) is 6.01. The highest BCUT2D eigenvalue weighted by atomic mass is 32.2. The van der Waals surface area contributed by atoms with Crippen LogP contribution in [-0.2, 0) is 10.0 Å². The number of hydrogen-bond donors (Lipinski definition) is 1. The van der Waals surface area contributed by atoms with Gasteiger partial charge in [0, 0.05) is 19.6 Å². The summed E-state index contributed by atoms with van der Waals surface area (Å²) in [7, 11) is -0.339. The topological polar surface area (TPSA) is 72.6 Å². The molecule has 0 saturated carbocycles. The van der Waals surface area contributed by atoms with Crippen molar-refractivity contribution in [2.24, 2.45) is 11.7 Å². The maximum atomic E-state index is 12.7. The molecular weight excluding hydrogens is 300 g/mol. The maximum Gasteiger partial charge on any atom is 0.243 e. The molecule has 0 radical (unpaired) electrons. The number of nitrogens with two attached hydrogens (primary N) is 1. The molecule has 1 aromatic carbocycles. The van der Waals surface area contributed by atoms with Crippen molar-refractivity contribution < 1.29 is 13.2 Å². The monoisotopic (exact) mass is 328 g/mol. The molecule has 2 N–H and O–H groups in total. The molecule has 0 spiro atoms. The lowest BCUT2D eigenvalue weighted by molar-refractivity contribution is 0.397. The average Bonchev–Trinajstić information content (AvgIpc) is 2.45. The van der Waals surface area contributed by atoms with Crippen LogP contribution in [0.4, 0.5) is 0 Å². The second kappa shape index (κ2) is 7.44. The van der Waals surface area contributed by atoms with E-state index in [0.717, 1.165) is 5.56 Å². The van der Waals surface area contributed by atoms with Crippen molar-refractivity contribution in [3.63, 3.8) is 0 Å². The van der Waals surface area contributed by atoms with Gasteiger partial charge < -0.3 is 10.5 Å². The van der Waals surface area contributed by atoms with Crippen molar-refractivity contribution in [2.45, 2.75) is 45.1 Å². The van der Waals surface area contributed by atoms with E-state index >= 15 is 0 Å². The largest absolute Gasteiger partial charge is 0.496 e. The highest BCUT2D eigenvalue weighted by Crippen LogP contribution is 2.27. The summed E-state index contributed by atoms with van der Waals surface area (Å²) in [6.07, 6.45) is 0.640. The molecule has 0 bridgehead atoms. The van der Waals surface area contributed by atoms with Crippen LogP contribution in [0.25, 0.3) is 0 Å². The van der Waals surface area contributed by atoms with Crippen LogP contribution in [0, 0.1) is 19.8 Å². The fraction of sp³-hybridized carbons (Fsp3) is 0.625. The van der Waals surface area contributed by atoms with Crippen molar-refractivity contribution >= 4 is 10.0 Å². The Morgan fingerprint density at radius 3 is 2.32 bits per heavy atom. The second-order valence-corrected chi connectivity index (χ2v) is 8.12. The van der Waals surface area contributed by atoms with Gasteiger partial charge in [-0.05, 0) is 49.4 Å². The number of benzene rings is 1. The van der Waals surface area contributed by atoms with Crippen LogP contribution in [0.15, 0.2) is 17.0 Å². The van der Waals surface area contributed by atoms with E-state index in [1.807, 2.05) is 20.8 Å². The summed E-state index contributed by atoms with van der Waals surface area (Å²) >= 11 is 0. The van der Waals surface area contributed by atoms with E-state index < -0.39 is 10.0 Å². The number of methoxy groups -OCH3 is 1. The predicted octanol–water partition coefficient (Wildman–Crippen LogP) is 2.31. The summed E-state index contributed by atoms with van der Waals surface area (Å²) in [5.41, 5.74) is 7.49. The van der Waals surface area contributed by atoms with Crippen LogP contribution in [0.3, 0.4) is 0 Å². The molecule has 0 saturated heterocycles. The summed E-state index contributed by atoms with van der Waals surface area (Å²) in [5.74, 6) is 1.03. The lowest BCUT2D eigenvalue weighted by Gasteiger charge is -2.22. The summed E-state index contributed by atoms with van der Waals surface area (Å²) in [6.45, 7) is 8.10. The van der Waals surface area contributed by atoms with Gasteiger partial charge in [-0.3, -0.25) is 0 Å². The van der Waals surface area contributed by atoms with Gasteiger partial charge in [0.25, 0.3) is 0 Å². The van der Waals surface area contributed by atoms with Crippen molar-refractivity contribution in [1.29, 1.82) is 0 Å². The first-order valence-electron chi connectivity index (χ1n) is 7.48. The Morgan fingerprint density at radius 2 is 1.82 bits per heavy atom. The fourth-order valence-electron chi connectivity index (χ4n) is 2.21. The fourth-order valence-corrected chi connectivity index (χ4v) is 3.69. The van der Waals surface area contributed by atoms with Crippen LogP contribution in [0.2, 0.25) is 0 Å². The quantitative estimate of drug-likeness (QED) is 0.833. The Hall–Kier alpha value is -1.11. The molecule has 0 aliphatic rings. The molecule has 1 unspecified atom stereocenters. The second-order valence-electron chi connectivity index (χ2n) is 6.11. The molecule has 0 heterocycles. The normalized spacial score (nSPS) is 13.7. The molecule has 22 heavy (non-hydrogen) atoms. The van der Waals surface area contributed by atoms with E-state index in [-0.39, 0.29) is 6.04 Å². The summed E-state index contributed by atoms with van der Waals surface area (Å²) in [6, 6.07) is 3.43. The van der Waals surface area contributed by atoms with Gasteiger partial charge in [-0.2, -0.15) is 0 Å². The highest BCUT2D eigenvalue weighted by molar-refractivity contribution is 7.89. The molecule has 1 aromatic rings. The molecule has 6 heteroatoms. The van der Waals surface area contributed by atoms with Crippen LogP contribution in [0.1, 0.15) is 31.4 Å². The Morgan fingerprint density at radius 1 is 1.23 bits per heavy atom. The highest BCUT2D eigenvalue weighted by Gasteiger charge is 2.24. The number of rotatable bonds is 7. The van der Waals surface area contributed by atoms with Gasteiger partial charge in [-0.25, -0.2) is 12.7 Å².